The first-order valence-electron chi connectivity index (χ1n) is 8.66. The average Bonchev–Trinajstić information content (AvgIpc) is 2.91. The average molecular weight is 294 g/mol. The maximum atomic E-state index is 12.9. The largest absolute Gasteiger partial charge is 0.340 e. The van der Waals surface area contributed by atoms with Crippen molar-refractivity contribution in [1.29, 1.82) is 0 Å². The van der Waals surface area contributed by atoms with Crippen molar-refractivity contribution in [2.24, 2.45) is 0 Å². The van der Waals surface area contributed by atoms with Crippen LogP contribution in [0.3, 0.4) is 0 Å². The van der Waals surface area contributed by atoms with Crippen LogP contribution in [0.1, 0.15) is 78.6 Å². The number of nitrogens with zero attached hydrogens (tertiary/aromatic N) is 1. The second-order valence-corrected chi connectivity index (χ2v) is 6.87. The summed E-state index contributed by atoms with van der Waals surface area (Å²) in [4.78, 5) is 27.1. The van der Waals surface area contributed by atoms with Crippen LogP contribution in [0.4, 0.5) is 0 Å². The summed E-state index contributed by atoms with van der Waals surface area (Å²) in [7, 11) is 0. The molecule has 4 nitrogen and oxygen atoms in total. The molecule has 2 atom stereocenters. The van der Waals surface area contributed by atoms with Gasteiger partial charge in [-0.25, -0.2) is 0 Å². The monoisotopic (exact) mass is 294 g/mol. The molecule has 0 aromatic carbocycles. The van der Waals surface area contributed by atoms with Gasteiger partial charge in [0.15, 0.2) is 0 Å². The van der Waals surface area contributed by atoms with Gasteiger partial charge in [0.25, 0.3) is 0 Å². The molecule has 2 rings (SSSR count). The van der Waals surface area contributed by atoms with Crippen molar-refractivity contribution in [2.75, 3.05) is 0 Å². The van der Waals surface area contributed by atoms with Crippen molar-refractivity contribution in [3.63, 3.8) is 0 Å². The summed E-state index contributed by atoms with van der Waals surface area (Å²) in [5.41, 5.74) is -0.582. The fourth-order valence-electron chi connectivity index (χ4n) is 3.85. The predicted octanol–water partition coefficient (Wildman–Crippen LogP) is 3.01. The van der Waals surface area contributed by atoms with Gasteiger partial charge >= 0.3 is 0 Å². The van der Waals surface area contributed by atoms with Crippen LogP contribution in [0.2, 0.25) is 0 Å². The highest BCUT2D eigenvalue weighted by atomic mass is 16.2. The first-order valence-corrected chi connectivity index (χ1v) is 8.66. The zero-order chi connectivity index (χ0) is 15.5. The van der Waals surface area contributed by atoms with Crippen molar-refractivity contribution in [1.82, 2.24) is 10.2 Å². The lowest BCUT2D eigenvalue weighted by Gasteiger charge is -2.46. The molecule has 2 unspecified atom stereocenters. The maximum absolute atomic E-state index is 12.9. The predicted molar refractivity (Wildman–Crippen MR) is 83.9 cm³/mol. The molecular formula is C17H30N2O2. The van der Waals surface area contributed by atoms with Crippen molar-refractivity contribution in [2.45, 2.75) is 96.2 Å². The highest BCUT2D eigenvalue weighted by molar-refractivity contribution is 6.00. The molecule has 2 amide bonds. The molecule has 120 valence electrons. The first-order chi connectivity index (χ1) is 10.0. The van der Waals surface area contributed by atoms with Crippen LogP contribution >= 0.6 is 0 Å². The van der Waals surface area contributed by atoms with Gasteiger partial charge in [0.1, 0.15) is 11.6 Å². The summed E-state index contributed by atoms with van der Waals surface area (Å²) >= 11 is 0. The van der Waals surface area contributed by atoms with E-state index in [1.807, 2.05) is 11.8 Å². The Morgan fingerprint density at radius 2 is 1.90 bits per heavy atom. The molecule has 1 spiro atoms. The molecule has 2 fully saturated rings. The number of carbonyl (C=O) groups is 2. The number of carbonyl (C=O) groups excluding carboxylic acids is 2. The summed E-state index contributed by atoms with van der Waals surface area (Å²) in [6.07, 6.45) is 9.53. The molecule has 1 aliphatic carbocycles. The Hall–Kier alpha value is -1.06. The molecule has 1 saturated carbocycles. The van der Waals surface area contributed by atoms with Crippen LogP contribution in [0.5, 0.6) is 0 Å². The third-order valence-corrected chi connectivity index (χ3v) is 5.21. The molecule has 1 N–H and O–H groups in total. The molecule has 0 aromatic heterocycles. The van der Waals surface area contributed by atoms with Crippen LogP contribution in [-0.2, 0) is 9.59 Å². The van der Waals surface area contributed by atoms with Crippen LogP contribution in [0, 0.1) is 0 Å². The van der Waals surface area contributed by atoms with E-state index in [0.717, 1.165) is 38.5 Å². The van der Waals surface area contributed by atoms with E-state index >= 15 is 0 Å². The fraction of sp³-hybridized carbons (Fsp3) is 0.882. The zero-order valence-electron chi connectivity index (χ0n) is 13.8. The highest BCUT2D eigenvalue weighted by Gasteiger charge is 2.51. The summed E-state index contributed by atoms with van der Waals surface area (Å²) < 4.78 is 0. The van der Waals surface area contributed by atoms with Gasteiger partial charge in [-0.3, -0.25) is 9.59 Å². The number of rotatable bonds is 6. The third-order valence-electron chi connectivity index (χ3n) is 5.21. The summed E-state index contributed by atoms with van der Waals surface area (Å²) in [6.45, 7) is 6.16. The van der Waals surface area contributed by atoms with E-state index in [1.54, 1.807) is 0 Å². The zero-order valence-corrected chi connectivity index (χ0v) is 13.8. The minimum absolute atomic E-state index is 0.0249. The molecular weight excluding hydrogens is 264 g/mol. The van der Waals surface area contributed by atoms with Crippen molar-refractivity contribution < 1.29 is 9.59 Å². The van der Waals surface area contributed by atoms with Gasteiger partial charge in [0, 0.05) is 6.04 Å². The van der Waals surface area contributed by atoms with E-state index in [1.165, 1.54) is 19.3 Å². The Bertz CT molecular complexity index is 388. The minimum atomic E-state index is -0.582. The van der Waals surface area contributed by atoms with Gasteiger partial charge in [-0.2, -0.15) is 0 Å². The molecule has 0 aromatic rings. The first kappa shape index (κ1) is 16.3. The van der Waals surface area contributed by atoms with Gasteiger partial charge in [-0.15, -0.1) is 0 Å². The number of hydrogen-bond donors (Lipinski definition) is 1. The Morgan fingerprint density at radius 3 is 2.52 bits per heavy atom. The molecule has 1 saturated heterocycles. The van der Waals surface area contributed by atoms with Gasteiger partial charge in [-0.1, -0.05) is 45.4 Å². The second-order valence-electron chi connectivity index (χ2n) is 6.87. The second kappa shape index (κ2) is 6.80. The highest BCUT2D eigenvalue weighted by Crippen LogP contribution is 2.35. The third kappa shape index (κ3) is 3.24. The molecule has 1 heterocycles. The summed E-state index contributed by atoms with van der Waals surface area (Å²) in [5, 5.41) is 3.02. The maximum Gasteiger partial charge on any atom is 0.249 e. The van der Waals surface area contributed by atoms with Gasteiger partial charge < -0.3 is 10.2 Å². The van der Waals surface area contributed by atoms with Crippen LogP contribution < -0.4 is 5.32 Å². The van der Waals surface area contributed by atoms with Crippen LogP contribution in [0.15, 0.2) is 0 Å². The number of unbranched alkanes of at least 4 members (excludes halogenated alkanes) is 3. The topological polar surface area (TPSA) is 49.4 Å². The Labute approximate surface area is 128 Å². The van der Waals surface area contributed by atoms with Crippen molar-refractivity contribution in [3.05, 3.63) is 0 Å². The lowest BCUT2D eigenvalue weighted by atomic mass is 9.89. The molecule has 2 aliphatic rings. The van der Waals surface area contributed by atoms with E-state index < -0.39 is 5.54 Å². The van der Waals surface area contributed by atoms with Crippen molar-refractivity contribution >= 4 is 11.8 Å². The Kier molecular flexibility index (Phi) is 5.28. The number of nitrogens with one attached hydrogen (secondary N) is 1. The smallest absolute Gasteiger partial charge is 0.249 e. The van der Waals surface area contributed by atoms with Gasteiger partial charge in [-0.05, 0) is 33.1 Å². The summed E-state index contributed by atoms with van der Waals surface area (Å²) in [6, 6.07) is -0.169. The van der Waals surface area contributed by atoms with Crippen LogP contribution in [-0.4, -0.2) is 34.3 Å². The standard InChI is InChI=1S/C17H30N2O2/c1-4-5-6-7-10-13(2)19-14(3)15(20)18-17(16(19)21)11-8-9-12-17/h13-14H,4-12H2,1-3H3,(H,18,20). The quantitative estimate of drug-likeness (QED) is 0.766. The van der Waals surface area contributed by atoms with E-state index in [0.29, 0.717) is 0 Å². The summed E-state index contributed by atoms with van der Waals surface area (Å²) in [5.74, 6) is 0.187. The number of hydrogen-bond acceptors (Lipinski definition) is 2. The molecule has 0 bridgehead atoms. The number of piperazine rings is 1. The van der Waals surface area contributed by atoms with Gasteiger partial charge in [0.05, 0.1) is 0 Å². The number of amides is 2. The van der Waals surface area contributed by atoms with E-state index in [2.05, 4.69) is 19.2 Å². The minimum Gasteiger partial charge on any atom is -0.340 e. The van der Waals surface area contributed by atoms with E-state index in [-0.39, 0.29) is 23.9 Å². The molecule has 1 aliphatic heterocycles. The van der Waals surface area contributed by atoms with Gasteiger partial charge in [0.2, 0.25) is 11.8 Å². The molecule has 4 heteroatoms. The van der Waals surface area contributed by atoms with E-state index in [4.69, 9.17) is 0 Å². The molecule has 0 radical (unpaired) electrons. The lowest BCUT2D eigenvalue weighted by Crippen LogP contribution is -2.70. The lowest BCUT2D eigenvalue weighted by molar-refractivity contribution is -0.156. The van der Waals surface area contributed by atoms with E-state index in [9.17, 15) is 9.59 Å². The Morgan fingerprint density at radius 1 is 1.24 bits per heavy atom. The van der Waals surface area contributed by atoms with Crippen molar-refractivity contribution in [3.8, 4) is 0 Å². The SMILES string of the molecule is CCCCCCC(C)N1C(=O)C2(CCCC2)NC(=O)C1C. The Balaban J connectivity index is 2.04. The van der Waals surface area contributed by atoms with Crippen LogP contribution in [0.25, 0.3) is 0 Å². The normalized spacial score (nSPS) is 26.2. The molecule has 21 heavy (non-hydrogen) atoms. The fourth-order valence-corrected chi connectivity index (χ4v) is 3.85.